The van der Waals surface area contributed by atoms with Crippen LogP contribution in [-0.2, 0) is 14.8 Å². The van der Waals surface area contributed by atoms with E-state index in [1.165, 1.54) is 7.05 Å². The van der Waals surface area contributed by atoms with Crippen LogP contribution >= 0.6 is 15.9 Å². The number of hydrogen-bond acceptors (Lipinski definition) is 5. The van der Waals surface area contributed by atoms with Gasteiger partial charge in [-0.15, -0.1) is 0 Å². The van der Waals surface area contributed by atoms with Gasteiger partial charge in [0.15, 0.2) is 4.67 Å². The summed E-state index contributed by atoms with van der Waals surface area (Å²) in [4.78, 5) is 21.1. The second-order valence-electron chi connectivity index (χ2n) is 3.05. The lowest BCUT2D eigenvalue weighted by atomic mass is 10.5. The molecule has 0 atom stereocenters. The van der Waals surface area contributed by atoms with Crippen molar-refractivity contribution in [3.05, 3.63) is 16.5 Å². The summed E-state index contributed by atoms with van der Waals surface area (Å²) in [5.74, 6) is -2.46. The largest absolute Gasteiger partial charge is 0.475 e. The first-order chi connectivity index (χ1) is 8.27. The van der Waals surface area contributed by atoms with E-state index in [2.05, 4.69) is 21.2 Å². The third-order valence-corrected chi connectivity index (χ3v) is 4.12. The summed E-state index contributed by atoms with van der Waals surface area (Å²) in [5, 5.41) is 10.9. The van der Waals surface area contributed by atoms with Crippen LogP contribution in [0.4, 0.5) is 0 Å². The topological polar surface area (TPSA) is 126 Å². The first kappa shape index (κ1) is 14.7. The quantitative estimate of drug-likeness (QED) is 0.679. The molecule has 1 heterocycles. The third-order valence-electron chi connectivity index (χ3n) is 1.86. The van der Waals surface area contributed by atoms with Crippen molar-refractivity contribution in [2.45, 2.75) is 4.90 Å². The number of hydrogen-bond donors (Lipinski definition) is 3. The Morgan fingerprint density at radius 2 is 2.11 bits per heavy atom. The summed E-state index contributed by atoms with van der Waals surface area (Å²) in [6, 6.07) is 0.846. The lowest BCUT2D eigenvalue weighted by Gasteiger charge is -2.03. The van der Waals surface area contributed by atoms with Crippen LogP contribution in [0.25, 0.3) is 0 Å². The zero-order chi connectivity index (χ0) is 13.9. The molecule has 0 aromatic carbocycles. The van der Waals surface area contributed by atoms with E-state index >= 15 is 0 Å². The molecule has 18 heavy (non-hydrogen) atoms. The zero-order valence-corrected chi connectivity index (χ0v) is 11.5. The van der Waals surface area contributed by atoms with Crippen molar-refractivity contribution in [3.8, 4) is 0 Å². The van der Waals surface area contributed by atoms with Crippen LogP contribution in [0.2, 0.25) is 0 Å². The van der Waals surface area contributed by atoms with E-state index in [0.29, 0.717) is 0 Å². The fourth-order valence-electron chi connectivity index (χ4n) is 0.967. The van der Waals surface area contributed by atoms with Crippen LogP contribution < -0.4 is 10.0 Å². The Morgan fingerprint density at radius 1 is 1.50 bits per heavy atom. The molecule has 1 rings (SSSR count). The average Bonchev–Trinajstić information content (AvgIpc) is 2.69. The number of nitrogens with one attached hydrogen (secondary N) is 2. The van der Waals surface area contributed by atoms with Gasteiger partial charge in [0.05, 0.1) is 6.54 Å². The Morgan fingerprint density at radius 3 is 2.56 bits per heavy atom. The van der Waals surface area contributed by atoms with Crippen LogP contribution in [0.1, 0.15) is 10.6 Å². The number of carboxylic acids is 1. The van der Waals surface area contributed by atoms with Crippen molar-refractivity contribution < 1.29 is 27.5 Å². The van der Waals surface area contributed by atoms with Gasteiger partial charge in [0.1, 0.15) is 4.90 Å². The molecule has 100 valence electrons. The summed E-state index contributed by atoms with van der Waals surface area (Å²) in [6.45, 7) is -0.459. The Hall–Kier alpha value is -1.39. The number of likely N-dealkylation sites (N-methyl/N-ethyl adjacent to an activating group) is 1. The number of carboxylic acid groups (broad SMARTS) is 1. The SMILES string of the molecule is CNC(=O)CNS(=O)(=O)c1cc(C(=O)O)oc1Br. The van der Waals surface area contributed by atoms with Crippen molar-refractivity contribution in [1.29, 1.82) is 0 Å². The van der Waals surface area contributed by atoms with E-state index in [9.17, 15) is 18.0 Å². The van der Waals surface area contributed by atoms with Crippen LogP contribution in [0.5, 0.6) is 0 Å². The van der Waals surface area contributed by atoms with Crippen molar-refractivity contribution in [2.75, 3.05) is 13.6 Å². The Kier molecular flexibility index (Phi) is 4.48. The van der Waals surface area contributed by atoms with Crippen LogP contribution in [0.3, 0.4) is 0 Å². The van der Waals surface area contributed by atoms with Crippen molar-refractivity contribution >= 4 is 37.8 Å². The minimum Gasteiger partial charge on any atom is -0.475 e. The number of carbonyl (C=O) groups excluding carboxylic acids is 1. The molecule has 1 amide bonds. The van der Waals surface area contributed by atoms with Gasteiger partial charge in [0, 0.05) is 13.1 Å². The first-order valence-corrected chi connectivity index (χ1v) is 6.78. The lowest BCUT2D eigenvalue weighted by molar-refractivity contribution is -0.119. The Labute approximate surface area is 111 Å². The highest BCUT2D eigenvalue weighted by Gasteiger charge is 2.25. The van der Waals surface area contributed by atoms with Gasteiger partial charge in [0.2, 0.25) is 21.7 Å². The molecule has 0 radical (unpaired) electrons. The van der Waals surface area contributed by atoms with Gasteiger partial charge in [-0.25, -0.2) is 17.9 Å². The molecular weight excluding hydrogens is 332 g/mol. The predicted molar refractivity (Wildman–Crippen MR) is 62.6 cm³/mol. The minimum atomic E-state index is -4.02. The van der Waals surface area contributed by atoms with Gasteiger partial charge >= 0.3 is 5.97 Å². The predicted octanol–water partition coefficient (Wildman–Crippen LogP) is -0.235. The molecule has 10 heteroatoms. The average molecular weight is 341 g/mol. The number of amides is 1. The van der Waals surface area contributed by atoms with Gasteiger partial charge in [0.25, 0.3) is 0 Å². The summed E-state index contributed by atoms with van der Waals surface area (Å²) in [6.07, 6.45) is 0. The summed E-state index contributed by atoms with van der Waals surface area (Å²) >= 11 is 2.80. The summed E-state index contributed by atoms with van der Waals surface area (Å²) in [5.41, 5.74) is 0. The number of rotatable bonds is 5. The maximum Gasteiger partial charge on any atom is 0.371 e. The summed E-state index contributed by atoms with van der Waals surface area (Å²) < 4.78 is 29.9. The van der Waals surface area contributed by atoms with Gasteiger partial charge in [-0.05, 0) is 15.9 Å². The van der Waals surface area contributed by atoms with Crippen molar-refractivity contribution in [2.24, 2.45) is 0 Å². The molecule has 0 spiro atoms. The van der Waals surface area contributed by atoms with Crippen molar-refractivity contribution in [3.63, 3.8) is 0 Å². The number of aromatic carboxylic acids is 1. The number of sulfonamides is 1. The third kappa shape index (κ3) is 3.31. The van der Waals surface area contributed by atoms with E-state index in [1.54, 1.807) is 0 Å². The van der Waals surface area contributed by atoms with Crippen LogP contribution in [0.15, 0.2) is 20.0 Å². The van der Waals surface area contributed by atoms with E-state index in [0.717, 1.165) is 6.07 Å². The van der Waals surface area contributed by atoms with Gasteiger partial charge in [-0.3, -0.25) is 4.79 Å². The molecule has 0 aliphatic rings. The molecule has 0 saturated carbocycles. The molecule has 1 aromatic heterocycles. The normalized spacial score (nSPS) is 11.2. The number of halogens is 1. The molecule has 3 N–H and O–H groups in total. The van der Waals surface area contributed by atoms with Gasteiger partial charge in [-0.1, -0.05) is 0 Å². The molecule has 0 saturated heterocycles. The van der Waals surface area contributed by atoms with Crippen molar-refractivity contribution in [1.82, 2.24) is 10.0 Å². The smallest absolute Gasteiger partial charge is 0.371 e. The minimum absolute atomic E-state index is 0.246. The van der Waals surface area contributed by atoms with E-state index < -0.39 is 34.2 Å². The second-order valence-corrected chi connectivity index (χ2v) is 5.51. The monoisotopic (exact) mass is 340 g/mol. The zero-order valence-electron chi connectivity index (χ0n) is 9.06. The van der Waals surface area contributed by atoms with Crippen LogP contribution in [-0.4, -0.2) is 39.0 Å². The number of carbonyl (C=O) groups is 2. The maximum atomic E-state index is 11.7. The standard InChI is InChI=1S/C8H9BrN2O6S/c1-10-6(12)3-11-18(15,16)5-2-4(8(13)14)17-7(5)9/h2,11H,3H2,1H3,(H,10,12)(H,13,14). The van der Waals surface area contributed by atoms with E-state index in [1.807, 2.05) is 4.72 Å². The fraction of sp³-hybridized carbons (Fsp3) is 0.250. The van der Waals surface area contributed by atoms with E-state index in [-0.39, 0.29) is 9.56 Å². The molecule has 1 aromatic rings. The Bertz CT molecular complexity index is 578. The molecule has 0 bridgehead atoms. The first-order valence-electron chi connectivity index (χ1n) is 4.51. The second kappa shape index (κ2) is 5.50. The highest BCUT2D eigenvalue weighted by atomic mass is 79.9. The maximum absolute atomic E-state index is 11.7. The molecule has 0 fully saturated rings. The molecule has 0 aliphatic heterocycles. The van der Waals surface area contributed by atoms with Gasteiger partial charge in [-0.2, -0.15) is 0 Å². The fourth-order valence-corrected chi connectivity index (χ4v) is 2.89. The van der Waals surface area contributed by atoms with Gasteiger partial charge < -0.3 is 14.8 Å². The van der Waals surface area contributed by atoms with Crippen LogP contribution in [0, 0.1) is 0 Å². The molecule has 0 unspecified atom stereocenters. The highest BCUT2D eigenvalue weighted by Crippen LogP contribution is 2.25. The molecule has 8 nitrogen and oxygen atoms in total. The molecule has 0 aliphatic carbocycles. The lowest BCUT2D eigenvalue weighted by Crippen LogP contribution is -2.35. The summed E-state index contributed by atoms with van der Waals surface area (Å²) in [7, 11) is -2.67. The Balaban J connectivity index is 2.98. The number of furan rings is 1. The van der Waals surface area contributed by atoms with E-state index in [4.69, 9.17) is 9.52 Å². The molecular formula is C8H9BrN2O6S. The highest BCUT2D eigenvalue weighted by molar-refractivity contribution is 9.10.